The van der Waals surface area contributed by atoms with Crippen molar-refractivity contribution in [3.63, 3.8) is 0 Å². The normalized spacial score (nSPS) is 11.6. The quantitative estimate of drug-likeness (QED) is 0.627. The number of nitrogens with one attached hydrogen (secondary N) is 1. The number of thioether (sulfide) groups is 1. The zero-order valence-electron chi connectivity index (χ0n) is 13.6. The number of rotatable bonds is 6. The highest BCUT2D eigenvalue weighted by Gasteiger charge is 2.30. The predicted molar refractivity (Wildman–Crippen MR) is 91.6 cm³/mol. The first-order valence-corrected chi connectivity index (χ1v) is 9.04. The molecule has 3 rings (SSSR count). The smallest absolute Gasteiger partial charge is 0.406 e. The number of alkyl halides is 3. The highest BCUT2D eigenvalue weighted by Crippen LogP contribution is 2.30. The zero-order valence-corrected chi connectivity index (χ0v) is 15.2. The molecule has 0 fully saturated rings. The number of hydrogen-bond donors (Lipinski definition) is 1. The van der Waals surface area contributed by atoms with Crippen molar-refractivity contribution >= 4 is 33.9 Å². The molecule has 0 saturated heterocycles. The van der Waals surface area contributed by atoms with Gasteiger partial charge in [-0.2, -0.15) is 0 Å². The van der Waals surface area contributed by atoms with Crippen LogP contribution in [0.1, 0.15) is 11.6 Å². The fourth-order valence-electron chi connectivity index (χ4n) is 1.89. The van der Waals surface area contributed by atoms with Crippen LogP contribution in [0.5, 0.6) is 5.75 Å². The Labute approximate surface area is 154 Å². The Bertz CT molecular complexity index is 878. The van der Waals surface area contributed by atoms with Gasteiger partial charge in [-0.3, -0.25) is 0 Å². The van der Waals surface area contributed by atoms with Gasteiger partial charge in [-0.25, -0.2) is 0 Å². The molecule has 138 valence electrons. The van der Waals surface area contributed by atoms with Crippen molar-refractivity contribution in [1.82, 2.24) is 25.0 Å². The minimum absolute atomic E-state index is 0.282. The van der Waals surface area contributed by atoms with Crippen molar-refractivity contribution in [2.75, 3.05) is 5.32 Å². The number of halogens is 3. The second-order valence-electron chi connectivity index (χ2n) is 5.08. The Kier molecular flexibility index (Phi) is 5.32. The van der Waals surface area contributed by atoms with E-state index in [-0.39, 0.29) is 5.75 Å². The van der Waals surface area contributed by atoms with Gasteiger partial charge in [0.2, 0.25) is 5.13 Å². The molecule has 0 bridgehead atoms. The Morgan fingerprint density at radius 3 is 2.50 bits per heavy atom. The summed E-state index contributed by atoms with van der Waals surface area (Å²) in [6.45, 7) is 1.87. The first-order valence-electron chi connectivity index (χ1n) is 7.24. The van der Waals surface area contributed by atoms with Crippen LogP contribution in [-0.4, -0.2) is 31.3 Å². The molecule has 0 unspecified atom stereocenters. The molecule has 0 saturated carbocycles. The van der Waals surface area contributed by atoms with E-state index in [1.807, 2.05) is 18.5 Å². The van der Waals surface area contributed by atoms with E-state index >= 15 is 0 Å². The average molecular weight is 402 g/mol. The molecule has 2 heterocycles. The van der Waals surface area contributed by atoms with Crippen LogP contribution in [0.4, 0.5) is 24.0 Å². The number of aromatic nitrogens is 5. The Balaban J connectivity index is 1.57. The van der Waals surface area contributed by atoms with E-state index in [0.717, 1.165) is 16.0 Å². The Morgan fingerprint density at radius 2 is 1.88 bits per heavy atom. The van der Waals surface area contributed by atoms with Crippen LogP contribution in [0.2, 0.25) is 0 Å². The van der Waals surface area contributed by atoms with Gasteiger partial charge in [0.05, 0.1) is 5.75 Å². The number of nitrogens with zero attached hydrogens (tertiary/aromatic N) is 5. The molecule has 2 aromatic heterocycles. The van der Waals surface area contributed by atoms with Gasteiger partial charge in [0, 0.05) is 12.7 Å². The molecule has 0 aliphatic carbocycles. The second-order valence-corrected chi connectivity index (χ2v) is 7.28. The summed E-state index contributed by atoms with van der Waals surface area (Å²) in [7, 11) is 1.89. The van der Waals surface area contributed by atoms with Crippen LogP contribution in [0.3, 0.4) is 0 Å². The average Bonchev–Trinajstić information content (AvgIpc) is 3.14. The van der Waals surface area contributed by atoms with Gasteiger partial charge in [-0.1, -0.05) is 23.1 Å². The van der Waals surface area contributed by atoms with Gasteiger partial charge in [0.15, 0.2) is 4.34 Å². The standard InChI is InChI=1S/C14H13F3N6OS2/c1-8-19-20-11(23(8)2)7-25-13-22-21-12(26-13)18-9-3-5-10(6-4-9)24-14(15,16)17/h3-6H,7H2,1-2H3,(H,18,21). The van der Waals surface area contributed by atoms with Gasteiger partial charge in [-0.05, 0) is 31.2 Å². The number of aryl methyl sites for hydroxylation is 1. The van der Waals surface area contributed by atoms with Crippen LogP contribution in [-0.2, 0) is 12.8 Å². The highest BCUT2D eigenvalue weighted by molar-refractivity contribution is 8.00. The van der Waals surface area contributed by atoms with Gasteiger partial charge in [-0.15, -0.1) is 33.6 Å². The molecular weight excluding hydrogens is 389 g/mol. The van der Waals surface area contributed by atoms with Crippen molar-refractivity contribution in [2.24, 2.45) is 7.05 Å². The summed E-state index contributed by atoms with van der Waals surface area (Å²) < 4.78 is 42.9. The molecule has 0 aliphatic heterocycles. The number of benzene rings is 1. The summed E-state index contributed by atoms with van der Waals surface area (Å²) in [4.78, 5) is 0. The number of ether oxygens (including phenoxy) is 1. The van der Waals surface area contributed by atoms with E-state index in [9.17, 15) is 13.2 Å². The zero-order chi connectivity index (χ0) is 18.7. The molecule has 26 heavy (non-hydrogen) atoms. The van der Waals surface area contributed by atoms with E-state index in [0.29, 0.717) is 16.6 Å². The molecule has 0 atom stereocenters. The third kappa shape index (κ3) is 4.85. The van der Waals surface area contributed by atoms with Gasteiger partial charge in [0.1, 0.15) is 17.4 Å². The maximum atomic E-state index is 12.1. The molecule has 7 nitrogen and oxygen atoms in total. The Morgan fingerprint density at radius 1 is 1.15 bits per heavy atom. The lowest BCUT2D eigenvalue weighted by atomic mass is 10.3. The summed E-state index contributed by atoms with van der Waals surface area (Å²) in [5.74, 6) is 1.99. The van der Waals surface area contributed by atoms with Crippen molar-refractivity contribution in [2.45, 2.75) is 23.4 Å². The minimum atomic E-state index is -4.71. The van der Waals surface area contributed by atoms with E-state index in [1.54, 1.807) is 0 Å². The highest BCUT2D eigenvalue weighted by atomic mass is 32.2. The number of hydrogen-bond acceptors (Lipinski definition) is 8. The molecule has 12 heteroatoms. The van der Waals surface area contributed by atoms with Crippen molar-refractivity contribution in [3.8, 4) is 5.75 Å². The largest absolute Gasteiger partial charge is 0.573 e. The van der Waals surface area contributed by atoms with E-state index < -0.39 is 6.36 Å². The van der Waals surface area contributed by atoms with E-state index in [4.69, 9.17) is 0 Å². The maximum Gasteiger partial charge on any atom is 0.573 e. The Hall–Kier alpha value is -2.34. The van der Waals surface area contributed by atoms with Crippen LogP contribution in [0.15, 0.2) is 28.6 Å². The summed E-state index contributed by atoms with van der Waals surface area (Å²) in [6, 6.07) is 5.39. The monoisotopic (exact) mass is 402 g/mol. The van der Waals surface area contributed by atoms with Gasteiger partial charge in [0.25, 0.3) is 0 Å². The molecule has 0 radical (unpaired) electrons. The van der Waals surface area contributed by atoms with Gasteiger partial charge >= 0.3 is 6.36 Å². The molecule has 3 aromatic rings. The summed E-state index contributed by atoms with van der Waals surface area (Å²) >= 11 is 2.81. The topological polar surface area (TPSA) is 77.8 Å². The first kappa shape index (κ1) is 18.5. The molecule has 1 N–H and O–H groups in total. The van der Waals surface area contributed by atoms with E-state index in [2.05, 4.69) is 30.4 Å². The van der Waals surface area contributed by atoms with Crippen LogP contribution in [0, 0.1) is 6.92 Å². The van der Waals surface area contributed by atoms with E-state index in [1.165, 1.54) is 47.4 Å². The third-order valence-electron chi connectivity index (χ3n) is 3.25. The van der Waals surface area contributed by atoms with Crippen molar-refractivity contribution in [1.29, 1.82) is 0 Å². The van der Waals surface area contributed by atoms with Crippen molar-refractivity contribution < 1.29 is 17.9 Å². The third-order valence-corrected chi connectivity index (χ3v) is 5.22. The fourth-order valence-corrected chi connectivity index (χ4v) is 3.63. The first-order chi connectivity index (χ1) is 12.3. The lowest BCUT2D eigenvalue weighted by Crippen LogP contribution is -2.16. The van der Waals surface area contributed by atoms with Crippen LogP contribution < -0.4 is 10.1 Å². The molecule has 0 spiro atoms. The summed E-state index contributed by atoms with van der Waals surface area (Å²) in [6.07, 6.45) is -4.71. The molecule has 0 aliphatic rings. The minimum Gasteiger partial charge on any atom is -0.406 e. The second kappa shape index (κ2) is 7.50. The fraction of sp³-hybridized carbons (Fsp3) is 0.286. The van der Waals surface area contributed by atoms with Gasteiger partial charge < -0.3 is 14.6 Å². The molecular formula is C14H13F3N6OS2. The van der Waals surface area contributed by atoms with Crippen LogP contribution in [0.25, 0.3) is 0 Å². The lowest BCUT2D eigenvalue weighted by Gasteiger charge is -2.09. The van der Waals surface area contributed by atoms with Crippen LogP contribution >= 0.6 is 23.1 Å². The summed E-state index contributed by atoms with van der Waals surface area (Å²) in [5.41, 5.74) is 0.580. The lowest BCUT2D eigenvalue weighted by molar-refractivity contribution is -0.274. The molecule has 1 aromatic carbocycles. The SMILES string of the molecule is Cc1nnc(CSc2nnc(Nc3ccc(OC(F)(F)F)cc3)s2)n1C. The number of anilines is 2. The predicted octanol–water partition coefficient (Wildman–Crippen LogP) is 3.91. The summed E-state index contributed by atoms with van der Waals surface area (Å²) in [5, 5.41) is 19.7. The molecule has 0 amide bonds. The maximum absolute atomic E-state index is 12.1. The van der Waals surface area contributed by atoms with Crippen molar-refractivity contribution in [3.05, 3.63) is 35.9 Å².